The summed E-state index contributed by atoms with van der Waals surface area (Å²) >= 11 is 0. The van der Waals surface area contributed by atoms with Crippen molar-refractivity contribution in [3.63, 3.8) is 0 Å². The van der Waals surface area contributed by atoms with Gasteiger partial charge >= 0.3 is 0 Å². The van der Waals surface area contributed by atoms with E-state index >= 15 is 0 Å². The van der Waals surface area contributed by atoms with Crippen molar-refractivity contribution in [3.8, 4) is 24.7 Å². The van der Waals surface area contributed by atoms with Gasteiger partial charge in [0.2, 0.25) is 11.8 Å². The Morgan fingerprint density at radius 3 is 2.44 bits per heavy atom. The lowest BCUT2D eigenvalue weighted by Gasteiger charge is -2.26. The van der Waals surface area contributed by atoms with Crippen LogP contribution in [0.15, 0.2) is 12.0 Å². The van der Waals surface area contributed by atoms with Gasteiger partial charge in [-0.15, -0.1) is 24.7 Å². The maximum atomic E-state index is 12.7. The molecule has 0 aromatic rings. The number of carbonyl (C=O) groups excluding carboxylic acids is 3. The fourth-order valence-corrected chi connectivity index (χ4v) is 3.75. The first-order valence-electron chi connectivity index (χ1n) is 11.7. The molecule has 0 bridgehead atoms. The highest BCUT2D eigenvalue weighted by Crippen LogP contribution is 2.25. The van der Waals surface area contributed by atoms with Crippen LogP contribution in [0.3, 0.4) is 0 Å². The molecule has 6 nitrogen and oxygen atoms in total. The van der Waals surface area contributed by atoms with E-state index < -0.39 is 6.04 Å². The van der Waals surface area contributed by atoms with Crippen molar-refractivity contribution in [3.05, 3.63) is 12.0 Å². The lowest BCUT2D eigenvalue weighted by Crippen LogP contribution is -2.39. The summed E-state index contributed by atoms with van der Waals surface area (Å²) in [5.74, 6) is 5.34. The van der Waals surface area contributed by atoms with Crippen LogP contribution in [0, 0.1) is 30.6 Å². The quantitative estimate of drug-likeness (QED) is 0.290. The first kappa shape index (κ1) is 27.3. The Kier molecular flexibility index (Phi) is 13.6. The fourth-order valence-electron chi connectivity index (χ4n) is 3.75. The molecule has 0 unspecified atom stereocenters. The molecule has 0 saturated carbocycles. The number of hydrogen-bond donors (Lipinski definition) is 1. The largest absolute Gasteiger partial charge is 0.482 e. The zero-order valence-corrected chi connectivity index (χ0v) is 19.7. The van der Waals surface area contributed by atoms with Crippen molar-refractivity contribution in [1.82, 2.24) is 10.2 Å². The molecular formula is C26H38N2O4. The zero-order valence-electron chi connectivity index (χ0n) is 19.7. The predicted molar refractivity (Wildman–Crippen MR) is 126 cm³/mol. The number of ketones is 1. The highest BCUT2D eigenvalue weighted by molar-refractivity contribution is 6.01. The Balaban J connectivity index is 2.38. The number of terminal acetylenes is 2. The molecule has 0 saturated heterocycles. The molecule has 1 rings (SSSR count). The maximum Gasteiger partial charge on any atom is 0.229 e. The lowest BCUT2D eigenvalue weighted by molar-refractivity contribution is -0.136. The Labute approximate surface area is 193 Å². The van der Waals surface area contributed by atoms with E-state index in [0.29, 0.717) is 31.7 Å². The molecular weight excluding hydrogens is 404 g/mol. The van der Waals surface area contributed by atoms with Gasteiger partial charge in [-0.25, -0.2) is 0 Å². The normalized spacial score (nSPS) is 16.1. The van der Waals surface area contributed by atoms with Gasteiger partial charge in [-0.05, 0) is 44.9 Å². The molecule has 0 radical (unpaired) electrons. The molecule has 2 atom stereocenters. The van der Waals surface area contributed by atoms with Crippen molar-refractivity contribution in [2.75, 3.05) is 13.7 Å². The minimum atomic E-state index is -0.520. The third-order valence-corrected chi connectivity index (χ3v) is 5.69. The van der Waals surface area contributed by atoms with E-state index in [1.54, 1.807) is 0 Å². The van der Waals surface area contributed by atoms with Crippen molar-refractivity contribution in [2.45, 2.75) is 90.0 Å². The highest BCUT2D eigenvalue weighted by atomic mass is 16.5. The second-order valence-electron chi connectivity index (χ2n) is 8.27. The summed E-state index contributed by atoms with van der Waals surface area (Å²) in [4.78, 5) is 38.8. The van der Waals surface area contributed by atoms with E-state index in [1.165, 1.54) is 18.1 Å². The molecule has 1 N–H and O–H groups in total. The number of amides is 2. The molecule has 6 heteroatoms. The van der Waals surface area contributed by atoms with E-state index in [1.807, 2.05) is 6.92 Å². The molecule has 0 aromatic heterocycles. The summed E-state index contributed by atoms with van der Waals surface area (Å²) in [6.45, 7) is 2.48. The van der Waals surface area contributed by atoms with Gasteiger partial charge < -0.3 is 10.1 Å². The van der Waals surface area contributed by atoms with Gasteiger partial charge in [0.1, 0.15) is 6.04 Å². The smallest absolute Gasteiger partial charge is 0.229 e. The van der Waals surface area contributed by atoms with Crippen LogP contribution in [-0.2, 0) is 19.1 Å². The minimum Gasteiger partial charge on any atom is -0.482 e. The number of unbranched alkanes of at least 4 members (excludes halogenated alkanes) is 6. The monoisotopic (exact) mass is 442 g/mol. The number of nitrogens with zero attached hydrogens (tertiary/aromatic N) is 1. The van der Waals surface area contributed by atoms with Gasteiger partial charge in [0, 0.05) is 37.8 Å². The summed E-state index contributed by atoms with van der Waals surface area (Å²) in [5, 5.41) is 2.96. The summed E-state index contributed by atoms with van der Waals surface area (Å²) in [6.07, 6.45) is 21.0. The standard InChI is InChI=1S/C26H38N2O4/c1-5-7-9-11-13-18-24(30)28-22(23(29)20-25(28)32-4)17-14-15-19-27-26(31)21(3)16-12-10-8-6-2/h1-2,20-22H,7-19H2,3-4H3,(H,27,31)/t21-,22+/m1/s1. The SMILES string of the molecule is C#CCCCCCC(=O)N1C(OC)=CC(=O)[C@@H]1CCCCNC(=O)[C@H](C)CCCCC#C. The van der Waals surface area contributed by atoms with E-state index in [2.05, 4.69) is 17.2 Å². The topological polar surface area (TPSA) is 75.7 Å². The van der Waals surface area contributed by atoms with Gasteiger partial charge in [-0.1, -0.05) is 19.8 Å². The van der Waals surface area contributed by atoms with Crippen LogP contribution in [0.2, 0.25) is 0 Å². The second-order valence-corrected chi connectivity index (χ2v) is 8.27. The molecule has 0 aliphatic carbocycles. The molecule has 1 aliphatic heterocycles. The van der Waals surface area contributed by atoms with E-state index in [-0.39, 0.29) is 23.5 Å². The van der Waals surface area contributed by atoms with E-state index in [4.69, 9.17) is 17.6 Å². The molecule has 0 spiro atoms. The average Bonchev–Trinajstić information content (AvgIpc) is 3.11. The Hall–Kier alpha value is -2.73. The van der Waals surface area contributed by atoms with Gasteiger partial charge in [-0.3, -0.25) is 19.3 Å². The number of hydrogen-bond acceptors (Lipinski definition) is 4. The first-order chi connectivity index (χ1) is 15.5. The van der Waals surface area contributed by atoms with E-state index in [9.17, 15) is 14.4 Å². The number of nitrogens with one attached hydrogen (secondary N) is 1. The van der Waals surface area contributed by atoms with Crippen LogP contribution in [0.5, 0.6) is 0 Å². The minimum absolute atomic E-state index is 0.0357. The van der Waals surface area contributed by atoms with Crippen LogP contribution >= 0.6 is 0 Å². The van der Waals surface area contributed by atoms with Gasteiger partial charge in [0.25, 0.3) is 0 Å². The van der Waals surface area contributed by atoms with Crippen molar-refractivity contribution < 1.29 is 19.1 Å². The van der Waals surface area contributed by atoms with Gasteiger partial charge in [0.05, 0.1) is 7.11 Å². The first-order valence-corrected chi connectivity index (χ1v) is 11.7. The Morgan fingerprint density at radius 2 is 1.78 bits per heavy atom. The van der Waals surface area contributed by atoms with Crippen LogP contribution in [0.25, 0.3) is 0 Å². The molecule has 32 heavy (non-hydrogen) atoms. The van der Waals surface area contributed by atoms with Crippen LogP contribution in [0.4, 0.5) is 0 Å². The Morgan fingerprint density at radius 1 is 1.09 bits per heavy atom. The maximum absolute atomic E-state index is 12.7. The number of carbonyl (C=O) groups is 3. The molecule has 2 amide bonds. The molecule has 1 aliphatic rings. The van der Waals surface area contributed by atoms with E-state index in [0.717, 1.165) is 57.8 Å². The summed E-state index contributed by atoms with van der Waals surface area (Å²) < 4.78 is 5.27. The zero-order chi connectivity index (χ0) is 23.8. The number of methoxy groups -OCH3 is 1. The van der Waals surface area contributed by atoms with Crippen LogP contribution in [-0.4, -0.2) is 42.2 Å². The van der Waals surface area contributed by atoms with Crippen LogP contribution < -0.4 is 5.32 Å². The summed E-state index contributed by atoms with van der Waals surface area (Å²) in [7, 11) is 1.47. The Bertz CT molecular complexity index is 729. The summed E-state index contributed by atoms with van der Waals surface area (Å²) in [5.41, 5.74) is 0. The lowest BCUT2D eigenvalue weighted by atomic mass is 10.0. The number of rotatable bonds is 16. The molecule has 0 aromatic carbocycles. The van der Waals surface area contributed by atoms with Crippen molar-refractivity contribution >= 4 is 17.6 Å². The van der Waals surface area contributed by atoms with Crippen LogP contribution in [0.1, 0.15) is 84.0 Å². The number of ether oxygens (including phenoxy) is 1. The van der Waals surface area contributed by atoms with Crippen molar-refractivity contribution in [2.24, 2.45) is 5.92 Å². The fraction of sp³-hybridized carbons (Fsp3) is 0.654. The molecule has 1 heterocycles. The third-order valence-electron chi connectivity index (χ3n) is 5.69. The highest BCUT2D eigenvalue weighted by Gasteiger charge is 2.37. The van der Waals surface area contributed by atoms with Gasteiger partial charge in [0.15, 0.2) is 11.7 Å². The average molecular weight is 443 g/mol. The summed E-state index contributed by atoms with van der Waals surface area (Å²) in [6, 6.07) is -0.520. The predicted octanol–water partition coefficient (Wildman–Crippen LogP) is 3.95. The molecule has 0 fully saturated rings. The molecule has 176 valence electrons. The third kappa shape index (κ3) is 9.60. The van der Waals surface area contributed by atoms with Crippen molar-refractivity contribution in [1.29, 1.82) is 0 Å². The van der Waals surface area contributed by atoms with Gasteiger partial charge in [-0.2, -0.15) is 0 Å². The second kappa shape index (κ2) is 16.0.